The molecule has 126 valence electrons. The van der Waals surface area contributed by atoms with Gasteiger partial charge in [-0.15, -0.1) is 0 Å². The zero-order valence-corrected chi connectivity index (χ0v) is 14.5. The molecule has 1 aliphatic rings. The number of hydrogen-bond acceptors (Lipinski definition) is 3. The van der Waals surface area contributed by atoms with Gasteiger partial charge in [-0.25, -0.2) is 0 Å². The number of rotatable bonds is 3. The highest BCUT2D eigenvalue weighted by Gasteiger charge is 2.21. The van der Waals surface area contributed by atoms with Crippen molar-refractivity contribution in [1.29, 1.82) is 0 Å². The van der Waals surface area contributed by atoms with E-state index >= 15 is 0 Å². The fraction of sp³-hybridized carbons (Fsp3) is 0.150. The number of anilines is 2. The largest absolute Gasteiger partial charge is 0.459 e. The smallest absolute Gasteiger partial charge is 0.291 e. The number of halogens is 1. The molecule has 1 aromatic heterocycles. The minimum absolute atomic E-state index is 0.278. The van der Waals surface area contributed by atoms with Gasteiger partial charge in [0.25, 0.3) is 5.91 Å². The van der Waals surface area contributed by atoms with Crippen LogP contribution in [-0.2, 0) is 13.1 Å². The number of nitrogens with zero attached hydrogens (tertiary/aromatic N) is 1. The normalized spacial score (nSPS) is 13.0. The molecule has 0 atom stereocenters. The van der Waals surface area contributed by atoms with Gasteiger partial charge in [0.2, 0.25) is 0 Å². The van der Waals surface area contributed by atoms with Crippen molar-refractivity contribution in [3.63, 3.8) is 0 Å². The first-order valence-corrected chi connectivity index (χ1v) is 8.46. The Kier molecular flexibility index (Phi) is 3.98. The van der Waals surface area contributed by atoms with Crippen LogP contribution in [0.5, 0.6) is 0 Å². The van der Waals surface area contributed by atoms with E-state index in [2.05, 4.69) is 34.5 Å². The maximum Gasteiger partial charge on any atom is 0.291 e. The van der Waals surface area contributed by atoms with Crippen LogP contribution in [0.1, 0.15) is 27.2 Å². The summed E-state index contributed by atoms with van der Waals surface area (Å²) in [5.41, 5.74) is 5.06. The van der Waals surface area contributed by atoms with Crippen molar-refractivity contribution in [2.24, 2.45) is 0 Å². The molecular formula is C20H17ClN2O2. The van der Waals surface area contributed by atoms with Gasteiger partial charge in [0.15, 0.2) is 5.76 Å². The minimum atomic E-state index is -0.278. The molecule has 2 heterocycles. The lowest BCUT2D eigenvalue weighted by Gasteiger charge is -2.20. The molecule has 1 aliphatic heterocycles. The summed E-state index contributed by atoms with van der Waals surface area (Å²) in [6, 6.07) is 15.7. The zero-order valence-electron chi connectivity index (χ0n) is 13.8. The third-order valence-electron chi connectivity index (χ3n) is 4.46. The maximum atomic E-state index is 12.2. The molecule has 1 amide bonds. The van der Waals surface area contributed by atoms with E-state index in [0.717, 1.165) is 24.3 Å². The van der Waals surface area contributed by atoms with Crippen LogP contribution in [0.15, 0.2) is 59.2 Å². The van der Waals surface area contributed by atoms with Crippen molar-refractivity contribution in [3.05, 3.63) is 82.3 Å². The molecule has 2 aromatic carbocycles. The van der Waals surface area contributed by atoms with Gasteiger partial charge in [-0.05, 0) is 42.3 Å². The van der Waals surface area contributed by atoms with E-state index in [1.165, 1.54) is 17.4 Å². The lowest BCUT2D eigenvalue weighted by molar-refractivity contribution is 0.0996. The fourth-order valence-corrected chi connectivity index (χ4v) is 3.44. The molecule has 3 aromatic rings. The first kappa shape index (κ1) is 15.8. The van der Waals surface area contributed by atoms with Crippen molar-refractivity contribution >= 4 is 28.9 Å². The molecule has 0 fully saturated rings. The van der Waals surface area contributed by atoms with Crippen LogP contribution >= 0.6 is 11.6 Å². The summed E-state index contributed by atoms with van der Waals surface area (Å²) in [5, 5.41) is 3.44. The fourth-order valence-electron chi connectivity index (χ4n) is 3.14. The summed E-state index contributed by atoms with van der Waals surface area (Å²) in [5.74, 6) is 0.0371. The number of nitrogens with one attached hydrogen (secondary N) is 1. The summed E-state index contributed by atoms with van der Waals surface area (Å²) in [7, 11) is 0. The number of carbonyl (C=O) groups excluding carboxylic acids is 1. The maximum absolute atomic E-state index is 12.2. The average molecular weight is 353 g/mol. The van der Waals surface area contributed by atoms with Gasteiger partial charge >= 0.3 is 0 Å². The lowest BCUT2D eigenvalue weighted by Crippen LogP contribution is -2.16. The molecule has 0 unspecified atom stereocenters. The topological polar surface area (TPSA) is 45.5 Å². The highest BCUT2D eigenvalue weighted by Crippen LogP contribution is 2.34. The van der Waals surface area contributed by atoms with Gasteiger partial charge in [0.05, 0.1) is 17.0 Å². The Balaban J connectivity index is 1.52. The molecule has 4 nitrogen and oxygen atoms in total. The van der Waals surface area contributed by atoms with Crippen LogP contribution < -0.4 is 10.2 Å². The summed E-state index contributed by atoms with van der Waals surface area (Å²) in [6.45, 7) is 3.51. The molecule has 0 bridgehead atoms. The van der Waals surface area contributed by atoms with Crippen LogP contribution in [0.25, 0.3) is 0 Å². The summed E-state index contributed by atoms with van der Waals surface area (Å²) in [6.07, 6.45) is 1.51. The second-order valence-corrected chi connectivity index (χ2v) is 6.59. The highest BCUT2D eigenvalue weighted by atomic mass is 35.5. The molecule has 25 heavy (non-hydrogen) atoms. The Hall–Kier alpha value is -2.72. The molecule has 0 aliphatic carbocycles. The molecule has 1 N–H and O–H groups in total. The molecule has 5 heteroatoms. The Morgan fingerprint density at radius 1 is 1.12 bits per heavy atom. The lowest BCUT2D eigenvalue weighted by atomic mass is 10.1. The third-order valence-corrected chi connectivity index (χ3v) is 4.76. The molecule has 0 saturated heterocycles. The van der Waals surface area contributed by atoms with Crippen molar-refractivity contribution < 1.29 is 9.21 Å². The van der Waals surface area contributed by atoms with Crippen molar-refractivity contribution in [2.75, 3.05) is 10.2 Å². The minimum Gasteiger partial charge on any atom is -0.459 e. The van der Waals surface area contributed by atoms with Crippen LogP contribution in [0.4, 0.5) is 11.4 Å². The Bertz CT molecular complexity index is 923. The number of fused-ring (bicyclic) bond motifs is 1. The number of carbonyl (C=O) groups is 1. The monoisotopic (exact) mass is 352 g/mol. The highest BCUT2D eigenvalue weighted by molar-refractivity contribution is 6.33. The van der Waals surface area contributed by atoms with E-state index in [4.69, 9.17) is 16.0 Å². The SMILES string of the molecule is Cc1ccoc1C(=O)Nc1ccc(N2Cc3ccccc3C2)c(Cl)c1. The predicted molar refractivity (Wildman–Crippen MR) is 99.2 cm³/mol. The van der Waals surface area contributed by atoms with E-state index < -0.39 is 0 Å². The zero-order chi connectivity index (χ0) is 17.4. The number of aryl methyl sites for hydroxylation is 1. The van der Waals surface area contributed by atoms with Crippen molar-refractivity contribution in [3.8, 4) is 0 Å². The molecule has 0 spiro atoms. The molecule has 4 rings (SSSR count). The number of furan rings is 1. The van der Waals surface area contributed by atoms with Crippen LogP contribution in [0.3, 0.4) is 0 Å². The Morgan fingerprint density at radius 3 is 2.44 bits per heavy atom. The second kappa shape index (κ2) is 6.30. The quantitative estimate of drug-likeness (QED) is 0.720. The van der Waals surface area contributed by atoms with Gasteiger partial charge in [-0.1, -0.05) is 35.9 Å². The van der Waals surface area contributed by atoms with E-state index in [1.54, 1.807) is 12.1 Å². The van der Waals surface area contributed by atoms with Crippen LogP contribution in [0.2, 0.25) is 5.02 Å². The third kappa shape index (κ3) is 3.01. The van der Waals surface area contributed by atoms with Gasteiger partial charge in [-0.2, -0.15) is 0 Å². The second-order valence-electron chi connectivity index (χ2n) is 6.18. The van der Waals surface area contributed by atoms with Crippen molar-refractivity contribution in [2.45, 2.75) is 20.0 Å². The van der Waals surface area contributed by atoms with Crippen molar-refractivity contribution in [1.82, 2.24) is 0 Å². The summed E-state index contributed by atoms with van der Waals surface area (Å²) < 4.78 is 5.22. The molecule has 0 saturated carbocycles. The number of amides is 1. The Morgan fingerprint density at radius 2 is 1.84 bits per heavy atom. The molecule has 0 radical (unpaired) electrons. The van der Waals surface area contributed by atoms with Crippen LogP contribution in [-0.4, -0.2) is 5.91 Å². The standard InChI is InChI=1S/C20H17ClN2O2/c1-13-8-9-25-19(13)20(24)22-16-6-7-18(17(21)10-16)23-11-14-4-2-3-5-15(14)12-23/h2-10H,11-12H2,1H3,(H,22,24). The van der Waals surface area contributed by atoms with Gasteiger partial charge in [0.1, 0.15) is 0 Å². The van der Waals surface area contributed by atoms with Crippen LogP contribution in [0, 0.1) is 6.92 Å². The van der Waals surface area contributed by atoms with Gasteiger partial charge < -0.3 is 14.6 Å². The van der Waals surface area contributed by atoms with Gasteiger partial charge in [-0.3, -0.25) is 4.79 Å². The predicted octanol–water partition coefficient (Wildman–Crippen LogP) is 5.01. The molecular weight excluding hydrogens is 336 g/mol. The number of hydrogen-bond donors (Lipinski definition) is 1. The van der Waals surface area contributed by atoms with Gasteiger partial charge in [0, 0.05) is 24.3 Å². The van der Waals surface area contributed by atoms with E-state index in [1.807, 2.05) is 19.1 Å². The van der Waals surface area contributed by atoms with E-state index in [-0.39, 0.29) is 5.91 Å². The van der Waals surface area contributed by atoms with E-state index in [9.17, 15) is 4.79 Å². The Labute approximate surface area is 151 Å². The summed E-state index contributed by atoms with van der Waals surface area (Å²) >= 11 is 6.48. The first-order valence-electron chi connectivity index (χ1n) is 8.08. The number of benzene rings is 2. The average Bonchev–Trinajstić information content (AvgIpc) is 3.20. The van der Waals surface area contributed by atoms with E-state index in [0.29, 0.717) is 16.5 Å². The summed E-state index contributed by atoms with van der Waals surface area (Å²) in [4.78, 5) is 14.5. The first-order chi connectivity index (χ1) is 12.1.